The molecule has 2 atom stereocenters. The Kier molecular flexibility index (Phi) is 13.4. The maximum absolute atomic E-state index is 15.2. The van der Waals surface area contributed by atoms with Crippen LogP contribution in [0.3, 0.4) is 0 Å². The van der Waals surface area contributed by atoms with Gasteiger partial charge in [-0.25, -0.2) is 13.9 Å². The summed E-state index contributed by atoms with van der Waals surface area (Å²) in [6.45, 7) is 10.1. The third kappa shape index (κ3) is 10.4. The predicted octanol–water partition coefficient (Wildman–Crippen LogP) is 6.08. The zero-order valence-electron chi connectivity index (χ0n) is 33.4. The smallest absolute Gasteiger partial charge is 0.292 e. The van der Waals surface area contributed by atoms with Crippen molar-refractivity contribution in [1.82, 2.24) is 40.3 Å². The van der Waals surface area contributed by atoms with Crippen molar-refractivity contribution in [3.8, 4) is 11.3 Å². The van der Waals surface area contributed by atoms with Crippen molar-refractivity contribution < 1.29 is 33.2 Å². The molecule has 2 unspecified atom stereocenters. The third-order valence-corrected chi connectivity index (χ3v) is 10.9. The minimum Gasteiger partial charge on any atom is -0.483 e. The number of carbonyl (C=O) groups excluding carboxylic acids is 3. The van der Waals surface area contributed by atoms with E-state index in [2.05, 4.69) is 60.0 Å². The first kappa shape index (κ1) is 41.8. The summed E-state index contributed by atoms with van der Waals surface area (Å²) in [5, 5.41) is 20.5. The van der Waals surface area contributed by atoms with Crippen LogP contribution in [-0.2, 0) is 32.8 Å². The van der Waals surface area contributed by atoms with Crippen LogP contribution in [0.1, 0.15) is 115 Å². The molecule has 0 radical (unpaired) electrons. The number of nitrogens with one attached hydrogen (secondary N) is 2. The Morgan fingerprint density at radius 3 is 2.48 bits per heavy atom. The van der Waals surface area contributed by atoms with Crippen LogP contribution in [0.15, 0.2) is 65.6 Å². The number of imide groups is 1. The van der Waals surface area contributed by atoms with Crippen LogP contribution >= 0.6 is 0 Å². The van der Waals surface area contributed by atoms with Crippen molar-refractivity contribution in [3.63, 3.8) is 0 Å². The maximum atomic E-state index is 15.2. The fraction of sp³-hybridized carbons (Fsp3) is 0.442. The first-order valence-corrected chi connectivity index (χ1v) is 19.7. The van der Waals surface area contributed by atoms with E-state index in [0.29, 0.717) is 44.2 Å². The van der Waals surface area contributed by atoms with Gasteiger partial charge in [-0.15, -0.1) is 0 Å². The lowest BCUT2D eigenvalue weighted by atomic mass is 9.86. The average molecular weight is 795 g/mol. The summed E-state index contributed by atoms with van der Waals surface area (Å²) in [6, 6.07) is 16.4. The molecule has 5 heterocycles. The fourth-order valence-electron chi connectivity index (χ4n) is 7.62. The van der Waals surface area contributed by atoms with Gasteiger partial charge in [-0.2, -0.15) is 10.1 Å². The van der Waals surface area contributed by atoms with Gasteiger partial charge in [-0.1, -0.05) is 62.3 Å². The van der Waals surface area contributed by atoms with E-state index >= 15 is 4.39 Å². The lowest BCUT2D eigenvalue weighted by molar-refractivity contribution is -0.134. The molecule has 3 amide bonds. The SMILES string of the molecule is Cc1cc(-c2ncnn3cc(CCCC(F)CN4CCC(c5ccc(C6CCC(=O)NC6=O)cc5)CC4)cc23)ccc1CNC(=O)c1noc(C(C)(C)C)n1.O=CO. The number of fused-ring (bicyclic) bond motifs is 1. The molecule has 3 N–H and O–H groups in total. The highest BCUT2D eigenvalue weighted by Gasteiger charge is 2.29. The van der Waals surface area contributed by atoms with Crippen LogP contribution in [0.25, 0.3) is 16.8 Å². The molecular formula is C43H51FN8O6. The molecule has 2 aliphatic rings. The Balaban J connectivity index is 0.00000183. The molecule has 5 aromatic rings. The van der Waals surface area contributed by atoms with Gasteiger partial charge in [-0.05, 0) is 104 Å². The second-order valence-electron chi connectivity index (χ2n) is 16.1. The minimum atomic E-state index is -0.892. The molecule has 2 aliphatic heterocycles. The average Bonchev–Trinajstić information content (AvgIpc) is 3.87. The molecular weight excluding hydrogens is 744 g/mol. The van der Waals surface area contributed by atoms with Crippen LogP contribution < -0.4 is 10.6 Å². The van der Waals surface area contributed by atoms with Crippen molar-refractivity contribution in [3.05, 3.63) is 101 Å². The summed E-state index contributed by atoms with van der Waals surface area (Å²) in [4.78, 5) is 55.9. The number of alkyl halides is 1. The lowest BCUT2D eigenvalue weighted by Crippen LogP contribution is -2.39. The van der Waals surface area contributed by atoms with Crippen molar-refractivity contribution in [2.75, 3.05) is 19.6 Å². The number of hydrogen-bond acceptors (Lipinski definition) is 10. The number of likely N-dealkylation sites (tertiary alicyclic amines) is 1. The van der Waals surface area contributed by atoms with Crippen molar-refractivity contribution >= 4 is 29.7 Å². The normalized spacial score (nSPS) is 17.0. The fourth-order valence-corrected chi connectivity index (χ4v) is 7.62. The van der Waals surface area contributed by atoms with E-state index in [-0.39, 0.29) is 35.4 Å². The number of aromatic nitrogens is 5. The standard InChI is InChI=1S/C42H49FN8O4.CH2O2/c1-26-20-31(12-13-32(26)22-44-40(54)38-48-41(55-49-38)42(2,3)4)37-35-21-27(23-51(35)46-25-45-37)6-5-7-33(43)24-50-18-16-29(17-19-50)28-8-10-30(11-9-28)34-14-15-36(52)47-39(34)53;2-1-3/h8-13,20-21,23,25,29,33-34H,5-7,14-19,22,24H2,1-4H3,(H,44,54)(H,47,52,53);1H,(H,2,3). The molecule has 0 bridgehead atoms. The molecule has 306 valence electrons. The number of rotatable bonds is 12. The van der Waals surface area contributed by atoms with Crippen molar-refractivity contribution in [1.29, 1.82) is 0 Å². The molecule has 14 nitrogen and oxygen atoms in total. The summed E-state index contributed by atoms with van der Waals surface area (Å²) in [7, 11) is 0. The number of carbonyl (C=O) groups is 4. The maximum Gasteiger partial charge on any atom is 0.292 e. The van der Waals surface area contributed by atoms with Crippen molar-refractivity contribution in [2.45, 2.75) is 103 Å². The molecule has 2 fully saturated rings. The second kappa shape index (κ2) is 18.6. The monoisotopic (exact) mass is 794 g/mol. The van der Waals surface area contributed by atoms with Gasteiger partial charge in [0.25, 0.3) is 18.2 Å². The highest BCUT2D eigenvalue weighted by molar-refractivity contribution is 6.00. The highest BCUT2D eigenvalue weighted by Crippen LogP contribution is 2.32. The second-order valence-corrected chi connectivity index (χ2v) is 16.1. The van der Waals surface area contributed by atoms with E-state index in [1.165, 1.54) is 5.56 Å². The Morgan fingerprint density at radius 1 is 1.09 bits per heavy atom. The molecule has 3 aromatic heterocycles. The van der Waals surface area contributed by atoms with E-state index in [0.717, 1.165) is 77.8 Å². The number of benzene rings is 2. The van der Waals surface area contributed by atoms with Crippen molar-refractivity contribution in [2.24, 2.45) is 0 Å². The molecule has 58 heavy (non-hydrogen) atoms. The van der Waals surface area contributed by atoms with Gasteiger partial charge >= 0.3 is 0 Å². The first-order chi connectivity index (χ1) is 27.8. The molecule has 7 rings (SSSR count). The number of carboxylic acid groups (broad SMARTS) is 1. The Bertz CT molecular complexity index is 2220. The van der Waals surface area contributed by atoms with Gasteiger partial charge < -0.3 is 19.8 Å². The summed E-state index contributed by atoms with van der Waals surface area (Å²) in [5.74, 6) is -0.231. The van der Waals surface area contributed by atoms with E-state index in [4.69, 9.17) is 14.4 Å². The van der Waals surface area contributed by atoms with Gasteiger partial charge in [-0.3, -0.25) is 24.5 Å². The van der Waals surface area contributed by atoms with Gasteiger partial charge in [0.05, 0.1) is 17.1 Å². The molecule has 15 heteroatoms. The Hall–Kier alpha value is -5.83. The number of halogens is 1. The molecule has 2 aromatic carbocycles. The molecule has 0 aliphatic carbocycles. The summed E-state index contributed by atoms with van der Waals surface area (Å²) >= 11 is 0. The van der Waals surface area contributed by atoms with E-state index < -0.39 is 12.1 Å². The molecule has 2 saturated heterocycles. The van der Waals surface area contributed by atoms with Crippen LogP contribution in [-0.4, -0.2) is 84.7 Å². The van der Waals surface area contributed by atoms with Gasteiger partial charge in [0.15, 0.2) is 0 Å². The van der Waals surface area contributed by atoms with Gasteiger partial charge in [0.1, 0.15) is 12.5 Å². The lowest BCUT2D eigenvalue weighted by Gasteiger charge is -2.33. The number of hydrogen-bond donors (Lipinski definition) is 3. The van der Waals surface area contributed by atoms with Crippen LogP contribution in [0.5, 0.6) is 0 Å². The number of nitrogens with zero attached hydrogens (tertiary/aromatic N) is 6. The quantitative estimate of drug-likeness (QED) is 0.0983. The zero-order valence-corrected chi connectivity index (χ0v) is 33.4. The summed E-state index contributed by atoms with van der Waals surface area (Å²) < 4.78 is 22.3. The van der Waals surface area contributed by atoms with Crippen LogP contribution in [0.4, 0.5) is 4.39 Å². The molecule has 0 spiro atoms. The van der Waals surface area contributed by atoms with E-state index in [1.807, 2.05) is 62.7 Å². The topological polar surface area (TPSA) is 185 Å². The van der Waals surface area contributed by atoms with E-state index in [9.17, 15) is 14.4 Å². The van der Waals surface area contributed by atoms with E-state index in [1.54, 1.807) is 6.33 Å². The molecule has 0 saturated carbocycles. The summed E-state index contributed by atoms with van der Waals surface area (Å²) in [5.41, 5.74) is 7.54. The van der Waals surface area contributed by atoms with Gasteiger partial charge in [0, 0.05) is 36.7 Å². The van der Waals surface area contributed by atoms with Crippen LogP contribution in [0.2, 0.25) is 0 Å². The van der Waals surface area contributed by atoms with Crippen LogP contribution in [0, 0.1) is 6.92 Å². The first-order valence-electron chi connectivity index (χ1n) is 19.7. The minimum absolute atomic E-state index is 0.0135. The third-order valence-electron chi connectivity index (χ3n) is 10.9. The number of piperidine rings is 2. The predicted molar refractivity (Wildman–Crippen MR) is 214 cm³/mol. The largest absolute Gasteiger partial charge is 0.483 e. The Labute approximate surface area is 336 Å². The highest BCUT2D eigenvalue weighted by atomic mass is 19.1. The zero-order chi connectivity index (χ0) is 41.4. The Morgan fingerprint density at radius 2 is 1.81 bits per heavy atom. The number of aryl methyl sites for hydroxylation is 2. The number of amides is 3. The van der Waals surface area contributed by atoms with Gasteiger partial charge in [0.2, 0.25) is 17.7 Å². The summed E-state index contributed by atoms with van der Waals surface area (Å²) in [6.07, 6.45) is 7.50.